The van der Waals surface area contributed by atoms with Gasteiger partial charge in [0, 0.05) is 37.8 Å². The molecule has 23 heavy (non-hydrogen) atoms. The van der Waals surface area contributed by atoms with Crippen LogP contribution in [0.1, 0.15) is 30.2 Å². The van der Waals surface area contributed by atoms with Crippen molar-refractivity contribution in [1.29, 1.82) is 0 Å². The van der Waals surface area contributed by atoms with Crippen molar-refractivity contribution in [3.63, 3.8) is 0 Å². The number of imidazole rings is 1. The zero-order valence-electron chi connectivity index (χ0n) is 13.3. The van der Waals surface area contributed by atoms with Gasteiger partial charge in [-0.1, -0.05) is 18.2 Å². The SMILES string of the molecule is CC(c1nnc(-c2ccccc2)o1)N1CCc2c(ncn2C)C1. The van der Waals surface area contributed by atoms with Gasteiger partial charge in [-0.3, -0.25) is 4.90 Å². The second kappa shape index (κ2) is 5.62. The third-order valence-corrected chi connectivity index (χ3v) is 4.50. The van der Waals surface area contributed by atoms with Gasteiger partial charge >= 0.3 is 0 Å². The number of aromatic nitrogens is 4. The Morgan fingerprint density at radius 2 is 2.00 bits per heavy atom. The number of aryl methyl sites for hydroxylation is 1. The summed E-state index contributed by atoms with van der Waals surface area (Å²) < 4.78 is 8.00. The van der Waals surface area contributed by atoms with E-state index in [4.69, 9.17) is 4.42 Å². The molecule has 2 aromatic heterocycles. The summed E-state index contributed by atoms with van der Waals surface area (Å²) in [6.07, 6.45) is 2.88. The van der Waals surface area contributed by atoms with Crippen molar-refractivity contribution in [2.75, 3.05) is 6.54 Å². The fraction of sp³-hybridized carbons (Fsp3) is 0.353. The summed E-state index contributed by atoms with van der Waals surface area (Å²) in [5, 5.41) is 8.43. The van der Waals surface area contributed by atoms with E-state index in [-0.39, 0.29) is 6.04 Å². The Morgan fingerprint density at radius 3 is 2.83 bits per heavy atom. The summed E-state index contributed by atoms with van der Waals surface area (Å²) in [6.45, 7) is 3.90. The zero-order valence-corrected chi connectivity index (χ0v) is 13.3. The molecule has 1 aromatic carbocycles. The molecule has 1 aliphatic rings. The highest BCUT2D eigenvalue weighted by Crippen LogP contribution is 2.28. The average Bonchev–Trinajstić information content (AvgIpc) is 3.22. The topological polar surface area (TPSA) is 60.0 Å². The van der Waals surface area contributed by atoms with Gasteiger partial charge in [0.15, 0.2) is 0 Å². The minimum Gasteiger partial charge on any atom is -0.419 e. The summed E-state index contributed by atoms with van der Waals surface area (Å²) in [6, 6.07) is 9.94. The van der Waals surface area contributed by atoms with Crippen molar-refractivity contribution in [3.8, 4) is 11.5 Å². The largest absolute Gasteiger partial charge is 0.419 e. The van der Waals surface area contributed by atoms with Crippen molar-refractivity contribution in [2.24, 2.45) is 7.05 Å². The van der Waals surface area contributed by atoms with Crippen LogP contribution in [0.3, 0.4) is 0 Å². The monoisotopic (exact) mass is 309 g/mol. The third kappa shape index (κ3) is 2.55. The van der Waals surface area contributed by atoms with E-state index in [2.05, 4.69) is 38.6 Å². The standard InChI is InChI=1S/C17H19N5O/c1-12(22-9-8-15-14(10-22)18-11-21(15)2)16-19-20-17(23-16)13-6-4-3-5-7-13/h3-7,11-12H,8-10H2,1-2H3. The molecule has 118 valence electrons. The van der Waals surface area contributed by atoms with Crippen molar-refractivity contribution < 1.29 is 4.42 Å². The average molecular weight is 309 g/mol. The van der Waals surface area contributed by atoms with Gasteiger partial charge in [0.1, 0.15) is 0 Å². The highest BCUT2D eigenvalue weighted by molar-refractivity contribution is 5.51. The van der Waals surface area contributed by atoms with Gasteiger partial charge in [-0.2, -0.15) is 0 Å². The van der Waals surface area contributed by atoms with E-state index in [0.717, 1.165) is 30.8 Å². The molecule has 0 saturated carbocycles. The van der Waals surface area contributed by atoms with E-state index < -0.39 is 0 Å². The smallest absolute Gasteiger partial charge is 0.247 e. The molecular weight excluding hydrogens is 290 g/mol. The number of fused-ring (bicyclic) bond motifs is 1. The lowest BCUT2D eigenvalue weighted by atomic mass is 10.1. The van der Waals surface area contributed by atoms with Crippen molar-refractivity contribution in [1.82, 2.24) is 24.6 Å². The van der Waals surface area contributed by atoms with Crippen LogP contribution in [0.2, 0.25) is 0 Å². The summed E-state index contributed by atoms with van der Waals surface area (Å²) in [5.74, 6) is 1.23. The lowest BCUT2D eigenvalue weighted by Crippen LogP contribution is -2.33. The number of benzene rings is 1. The Kier molecular flexibility index (Phi) is 3.46. The van der Waals surface area contributed by atoms with Crippen LogP contribution in [0.5, 0.6) is 0 Å². The van der Waals surface area contributed by atoms with E-state index in [1.165, 1.54) is 5.69 Å². The predicted molar refractivity (Wildman–Crippen MR) is 85.5 cm³/mol. The van der Waals surface area contributed by atoms with Crippen molar-refractivity contribution >= 4 is 0 Å². The van der Waals surface area contributed by atoms with E-state index in [1.54, 1.807) is 0 Å². The molecule has 6 heteroatoms. The first-order valence-electron chi connectivity index (χ1n) is 7.84. The summed E-state index contributed by atoms with van der Waals surface area (Å²) >= 11 is 0. The normalized spacial score (nSPS) is 16.3. The van der Waals surface area contributed by atoms with Gasteiger partial charge in [0.2, 0.25) is 11.8 Å². The zero-order chi connectivity index (χ0) is 15.8. The summed E-state index contributed by atoms with van der Waals surface area (Å²) in [4.78, 5) is 6.82. The molecule has 0 spiro atoms. The van der Waals surface area contributed by atoms with Gasteiger partial charge in [-0.25, -0.2) is 4.98 Å². The van der Waals surface area contributed by atoms with Crippen LogP contribution < -0.4 is 0 Å². The lowest BCUT2D eigenvalue weighted by molar-refractivity contribution is 0.164. The second-order valence-electron chi connectivity index (χ2n) is 5.96. The number of hydrogen-bond acceptors (Lipinski definition) is 5. The summed E-state index contributed by atoms with van der Waals surface area (Å²) in [5.41, 5.74) is 3.42. The first-order chi connectivity index (χ1) is 11.2. The number of rotatable bonds is 3. The quantitative estimate of drug-likeness (QED) is 0.744. The Bertz CT molecular complexity index is 808. The van der Waals surface area contributed by atoms with E-state index in [9.17, 15) is 0 Å². The third-order valence-electron chi connectivity index (χ3n) is 4.50. The van der Waals surface area contributed by atoms with E-state index >= 15 is 0 Å². The Labute approximate surface area is 134 Å². The van der Waals surface area contributed by atoms with Gasteiger partial charge in [0.05, 0.1) is 18.1 Å². The Morgan fingerprint density at radius 1 is 1.17 bits per heavy atom. The highest BCUT2D eigenvalue weighted by Gasteiger charge is 2.27. The van der Waals surface area contributed by atoms with Gasteiger partial charge < -0.3 is 8.98 Å². The first kappa shape index (κ1) is 14.1. The molecule has 4 rings (SSSR count). The van der Waals surface area contributed by atoms with Crippen LogP contribution in [-0.4, -0.2) is 31.2 Å². The molecule has 0 radical (unpaired) electrons. The van der Waals surface area contributed by atoms with Crippen LogP contribution in [0, 0.1) is 0 Å². The maximum absolute atomic E-state index is 5.89. The molecule has 0 aliphatic carbocycles. The highest BCUT2D eigenvalue weighted by atomic mass is 16.4. The van der Waals surface area contributed by atoms with E-state index in [0.29, 0.717) is 11.8 Å². The molecule has 1 unspecified atom stereocenters. The molecule has 0 N–H and O–H groups in total. The lowest BCUT2D eigenvalue weighted by Gasteiger charge is -2.30. The summed E-state index contributed by atoms with van der Waals surface area (Å²) in [7, 11) is 2.05. The molecule has 1 aliphatic heterocycles. The molecule has 6 nitrogen and oxygen atoms in total. The minimum atomic E-state index is 0.0788. The fourth-order valence-electron chi connectivity index (χ4n) is 3.07. The van der Waals surface area contributed by atoms with Crippen LogP contribution in [0.4, 0.5) is 0 Å². The molecule has 0 fully saturated rings. The molecule has 3 heterocycles. The molecule has 1 atom stereocenters. The van der Waals surface area contributed by atoms with Crippen LogP contribution in [-0.2, 0) is 20.0 Å². The molecule has 0 bridgehead atoms. The Hall–Kier alpha value is -2.47. The van der Waals surface area contributed by atoms with Crippen molar-refractivity contribution in [3.05, 3.63) is 53.9 Å². The van der Waals surface area contributed by atoms with Crippen LogP contribution in [0.25, 0.3) is 11.5 Å². The van der Waals surface area contributed by atoms with E-state index in [1.807, 2.05) is 36.7 Å². The number of nitrogens with zero attached hydrogens (tertiary/aromatic N) is 5. The molecule has 0 saturated heterocycles. The van der Waals surface area contributed by atoms with Gasteiger partial charge in [0.25, 0.3) is 0 Å². The van der Waals surface area contributed by atoms with Crippen LogP contribution >= 0.6 is 0 Å². The molecule has 0 amide bonds. The predicted octanol–water partition coefficient (Wildman–Crippen LogP) is 2.59. The first-order valence-corrected chi connectivity index (χ1v) is 7.84. The molecular formula is C17H19N5O. The Balaban J connectivity index is 1.54. The molecule has 3 aromatic rings. The van der Waals surface area contributed by atoms with Gasteiger partial charge in [-0.15, -0.1) is 10.2 Å². The number of hydrogen-bond donors (Lipinski definition) is 0. The maximum Gasteiger partial charge on any atom is 0.247 e. The fourth-order valence-corrected chi connectivity index (χ4v) is 3.07. The van der Waals surface area contributed by atoms with Gasteiger partial charge in [-0.05, 0) is 19.1 Å². The second-order valence-corrected chi connectivity index (χ2v) is 5.96. The van der Waals surface area contributed by atoms with Crippen molar-refractivity contribution in [2.45, 2.75) is 25.9 Å². The minimum absolute atomic E-state index is 0.0788. The maximum atomic E-state index is 5.89. The van der Waals surface area contributed by atoms with Crippen LogP contribution in [0.15, 0.2) is 41.1 Å².